The molecule has 1 unspecified atom stereocenters. The normalized spacial score (nSPS) is 13.5. The molecule has 1 N–H and O–H groups in total. The number of hydrogen-bond acceptors (Lipinski definition) is 4. The first-order valence-corrected chi connectivity index (χ1v) is 9.12. The number of aliphatic carboxylic acids is 1. The van der Waals surface area contributed by atoms with Crippen LogP contribution in [0.3, 0.4) is 0 Å². The van der Waals surface area contributed by atoms with E-state index in [1.54, 1.807) is 18.2 Å². The van der Waals surface area contributed by atoms with Crippen molar-refractivity contribution in [2.45, 2.75) is 19.1 Å². The number of nitrogens with zero attached hydrogens (tertiary/aromatic N) is 2. The number of halogens is 3. The van der Waals surface area contributed by atoms with Crippen molar-refractivity contribution in [2.75, 3.05) is 7.11 Å². The van der Waals surface area contributed by atoms with Gasteiger partial charge in [0.25, 0.3) is 5.91 Å². The van der Waals surface area contributed by atoms with Crippen LogP contribution in [0.2, 0.25) is 0 Å². The zero-order valence-corrected chi connectivity index (χ0v) is 16.0. The van der Waals surface area contributed by atoms with E-state index in [1.807, 2.05) is 0 Å². The molecular weight excluding hydrogens is 409 g/mol. The maximum absolute atomic E-state index is 12.9. The van der Waals surface area contributed by atoms with E-state index in [1.165, 1.54) is 24.7 Å². The average molecular weight is 424 g/mol. The third-order valence-corrected chi connectivity index (χ3v) is 5.30. The van der Waals surface area contributed by atoms with E-state index >= 15 is 0 Å². The molecule has 6 nitrogen and oxygen atoms in total. The molecule has 152 valence electrons. The Kier molecular flexibility index (Phi) is 5.47. The number of rotatable bonds is 4. The fourth-order valence-electron chi connectivity index (χ4n) is 2.74. The second-order valence-electron chi connectivity index (χ2n) is 6.07. The van der Waals surface area contributed by atoms with Gasteiger partial charge in [0.05, 0.1) is 22.9 Å². The van der Waals surface area contributed by atoms with Crippen LogP contribution in [0.25, 0.3) is 10.2 Å². The van der Waals surface area contributed by atoms with Gasteiger partial charge in [0.15, 0.2) is 4.80 Å². The van der Waals surface area contributed by atoms with Gasteiger partial charge in [-0.15, -0.1) is 0 Å². The molecule has 1 aromatic heterocycles. The zero-order chi connectivity index (χ0) is 21.3. The average Bonchev–Trinajstić information content (AvgIpc) is 3.04. The number of aromatic nitrogens is 1. The number of ether oxygens (including phenoxy) is 1. The van der Waals surface area contributed by atoms with Gasteiger partial charge in [-0.25, -0.2) is 4.79 Å². The summed E-state index contributed by atoms with van der Waals surface area (Å²) in [5, 5.41) is 9.44. The van der Waals surface area contributed by atoms with E-state index in [9.17, 15) is 27.9 Å². The Morgan fingerprint density at radius 2 is 1.90 bits per heavy atom. The lowest BCUT2D eigenvalue weighted by atomic mass is 10.1. The molecule has 0 aliphatic carbocycles. The lowest BCUT2D eigenvalue weighted by Crippen LogP contribution is -2.25. The molecule has 0 bridgehead atoms. The summed E-state index contributed by atoms with van der Waals surface area (Å²) in [6.45, 7) is 1.42. The van der Waals surface area contributed by atoms with Crippen molar-refractivity contribution in [2.24, 2.45) is 4.99 Å². The highest BCUT2D eigenvalue weighted by atomic mass is 32.1. The largest absolute Gasteiger partial charge is 0.495 e. The SMILES string of the molecule is COc1cccc2c1s/c(=N\C(=O)c1cccc(C(F)(F)F)c1)n2C(C)C(=O)O. The monoisotopic (exact) mass is 424 g/mol. The first-order valence-electron chi connectivity index (χ1n) is 8.30. The van der Waals surface area contributed by atoms with Crippen LogP contribution in [0.5, 0.6) is 5.75 Å². The molecule has 1 amide bonds. The Hall–Kier alpha value is -3.14. The number of methoxy groups -OCH3 is 1. The van der Waals surface area contributed by atoms with Gasteiger partial charge in [-0.05, 0) is 37.3 Å². The van der Waals surface area contributed by atoms with Gasteiger partial charge in [0.1, 0.15) is 11.8 Å². The van der Waals surface area contributed by atoms with Crippen LogP contribution in [-0.4, -0.2) is 28.7 Å². The maximum Gasteiger partial charge on any atom is 0.416 e. The Morgan fingerprint density at radius 1 is 1.21 bits per heavy atom. The Morgan fingerprint density at radius 3 is 2.52 bits per heavy atom. The number of alkyl halides is 3. The van der Waals surface area contributed by atoms with Crippen LogP contribution >= 0.6 is 11.3 Å². The second-order valence-corrected chi connectivity index (χ2v) is 7.05. The van der Waals surface area contributed by atoms with Crippen LogP contribution < -0.4 is 9.54 Å². The van der Waals surface area contributed by atoms with Gasteiger partial charge < -0.3 is 14.4 Å². The fourth-order valence-corrected chi connectivity index (χ4v) is 3.93. The minimum absolute atomic E-state index is 0.0433. The molecule has 0 aliphatic heterocycles. The van der Waals surface area contributed by atoms with Gasteiger partial charge in [0, 0.05) is 5.56 Å². The third kappa shape index (κ3) is 4.02. The highest BCUT2D eigenvalue weighted by Gasteiger charge is 2.31. The molecule has 3 aromatic rings. The molecule has 0 aliphatic rings. The fraction of sp³-hybridized carbons (Fsp3) is 0.211. The van der Waals surface area contributed by atoms with Crippen molar-refractivity contribution in [3.63, 3.8) is 0 Å². The highest BCUT2D eigenvalue weighted by molar-refractivity contribution is 7.16. The Balaban J connectivity index is 2.21. The summed E-state index contributed by atoms with van der Waals surface area (Å²) in [7, 11) is 1.45. The number of carboxylic acids is 1. The minimum atomic E-state index is -4.60. The molecule has 29 heavy (non-hydrogen) atoms. The molecule has 1 heterocycles. The highest BCUT2D eigenvalue weighted by Crippen LogP contribution is 2.31. The van der Waals surface area contributed by atoms with E-state index in [-0.39, 0.29) is 10.4 Å². The van der Waals surface area contributed by atoms with Crippen molar-refractivity contribution >= 4 is 33.4 Å². The summed E-state index contributed by atoms with van der Waals surface area (Å²) in [6, 6.07) is 7.83. The first kappa shape index (κ1) is 20.6. The number of fused-ring (bicyclic) bond motifs is 1. The molecule has 0 saturated carbocycles. The third-order valence-electron chi connectivity index (χ3n) is 4.22. The number of carbonyl (C=O) groups excluding carboxylic acids is 1. The maximum atomic E-state index is 12.9. The van der Waals surface area contributed by atoms with Crippen LogP contribution in [-0.2, 0) is 11.0 Å². The topological polar surface area (TPSA) is 80.9 Å². The minimum Gasteiger partial charge on any atom is -0.495 e. The second kappa shape index (κ2) is 7.70. The van der Waals surface area contributed by atoms with Crippen molar-refractivity contribution in [1.29, 1.82) is 0 Å². The van der Waals surface area contributed by atoms with Gasteiger partial charge in [-0.2, -0.15) is 18.2 Å². The lowest BCUT2D eigenvalue weighted by molar-refractivity contribution is -0.140. The molecule has 0 spiro atoms. The lowest BCUT2D eigenvalue weighted by Gasteiger charge is -2.10. The standard InChI is InChI=1S/C19H15F3N2O4S/c1-10(17(26)27)24-13-7-4-8-14(28-2)15(13)29-18(24)23-16(25)11-5-3-6-12(9-11)19(20,21)22/h3-10H,1-2H3,(H,26,27)/b23-18-. The van der Waals surface area contributed by atoms with Crippen molar-refractivity contribution in [3.05, 3.63) is 58.4 Å². The smallest absolute Gasteiger partial charge is 0.416 e. The number of carbonyl (C=O) groups is 2. The summed E-state index contributed by atoms with van der Waals surface area (Å²) < 4.78 is 45.9. The summed E-state index contributed by atoms with van der Waals surface area (Å²) in [5.41, 5.74) is -0.734. The summed E-state index contributed by atoms with van der Waals surface area (Å²) in [4.78, 5) is 28.1. The van der Waals surface area contributed by atoms with Crippen molar-refractivity contribution < 1.29 is 32.6 Å². The summed E-state index contributed by atoms with van der Waals surface area (Å²) >= 11 is 1.02. The van der Waals surface area contributed by atoms with Crippen molar-refractivity contribution in [1.82, 2.24) is 4.57 Å². The van der Waals surface area contributed by atoms with Crippen LogP contribution in [0.4, 0.5) is 13.2 Å². The molecular formula is C19H15F3N2O4S. The summed E-state index contributed by atoms with van der Waals surface area (Å²) in [6.07, 6.45) is -4.60. The van der Waals surface area contributed by atoms with Gasteiger partial charge in [0.2, 0.25) is 0 Å². The Bertz CT molecular complexity index is 1160. The predicted molar refractivity (Wildman–Crippen MR) is 100 cm³/mol. The van der Waals surface area contributed by atoms with Gasteiger partial charge in [-0.1, -0.05) is 23.5 Å². The molecule has 0 saturated heterocycles. The number of carboxylic acid groups (broad SMARTS) is 1. The number of hydrogen-bond donors (Lipinski definition) is 1. The predicted octanol–water partition coefficient (Wildman–Crippen LogP) is 4.12. The molecule has 1 atom stereocenters. The van der Waals surface area contributed by atoms with E-state index in [2.05, 4.69) is 4.99 Å². The van der Waals surface area contributed by atoms with E-state index in [0.717, 1.165) is 23.5 Å². The molecule has 3 rings (SSSR count). The van der Waals surface area contributed by atoms with Crippen molar-refractivity contribution in [3.8, 4) is 5.75 Å². The molecule has 2 aromatic carbocycles. The summed E-state index contributed by atoms with van der Waals surface area (Å²) in [5.74, 6) is -1.60. The van der Waals surface area contributed by atoms with Crippen LogP contribution in [0.15, 0.2) is 47.5 Å². The van der Waals surface area contributed by atoms with Gasteiger partial charge >= 0.3 is 12.1 Å². The first-order chi connectivity index (χ1) is 13.6. The van der Waals surface area contributed by atoms with Crippen LogP contribution in [0.1, 0.15) is 28.9 Å². The molecule has 0 radical (unpaired) electrons. The Labute approximate surface area is 166 Å². The molecule has 0 fully saturated rings. The van der Waals surface area contributed by atoms with E-state index < -0.39 is 29.7 Å². The van der Waals surface area contributed by atoms with Crippen LogP contribution in [0, 0.1) is 0 Å². The number of amides is 1. The number of thiazole rings is 1. The zero-order valence-electron chi connectivity index (χ0n) is 15.2. The number of benzene rings is 2. The molecule has 10 heteroatoms. The van der Waals surface area contributed by atoms with E-state index in [0.29, 0.717) is 22.0 Å². The van der Waals surface area contributed by atoms with E-state index in [4.69, 9.17) is 4.74 Å². The quantitative estimate of drug-likeness (QED) is 0.683. The van der Waals surface area contributed by atoms with Gasteiger partial charge in [-0.3, -0.25) is 4.79 Å².